The Morgan fingerprint density at radius 3 is 2.79 bits per heavy atom. The van der Waals surface area contributed by atoms with Crippen LogP contribution in [-0.2, 0) is 9.53 Å². The quantitative estimate of drug-likeness (QED) is 0.663. The largest absolute Gasteiger partial charge is 0.392 e. The molecule has 1 aliphatic heterocycles. The Balaban J connectivity index is 1.65. The zero-order valence-electron chi connectivity index (χ0n) is 18.4. The summed E-state index contributed by atoms with van der Waals surface area (Å²) in [5, 5.41) is 19.6. The average Bonchev–Trinajstić information content (AvgIpc) is 3.27. The molecule has 0 amide bonds. The van der Waals surface area contributed by atoms with Crippen LogP contribution in [0.4, 0.5) is 0 Å². The molecule has 4 aliphatic carbocycles. The lowest BCUT2D eigenvalue weighted by Gasteiger charge is -2.62. The molecule has 0 aromatic carbocycles. The van der Waals surface area contributed by atoms with Crippen molar-refractivity contribution in [3.63, 3.8) is 0 Å². The van der Waals surface area contributed by atoms with Gasteiger partial charge >= 0.3 is 0 Å². The van der Waals surface area contributed by atoms with E-state index in [1.54, 1.807) is 0 Å². The number of aliphatic hydroxyl groups is 2. The molecule has 4 nitrogen and oxygen atoms in total. The van der Waals surface area contributed by atoms with Gasteiger partial charge < -0.3 is 14.9 Å². The Labute approximate surface area is 174 Å². The van der Waals surface area contributed by atoms with E-state index in [9.17, 15) is 15.0 Å². The van der Waals surface area contributed by atoms with E-state index in [-0.39, 0.29) is 35.6 Å². The van der Waals surface area contributed by atoms with Crippen molar-refractivity contribution in [2.45, 2.75) is 83.8 Å². The van der Waals surface area contributed by atoms with Crippen LogP contribution in [0, 0.1) is 28.1 Å². The van der Waals surface area contributed by atoms with E-state index >= 15 is 0 Å². The van der Waals surface area contributed by atoms with Gasteiger partial charge in [0.15, 0.2) is 0 Å². The van der Waals surface area contributed by atoms with Gasteiger partial charge in [-0.3, -0.25) is 4.79 Å². The number of hydrogen-bond acceptors (Lipinski definition) is 4. The van der Waals surface area contributed by atoms with Crippen LogP contribution in [0.2, 0.25) is 0 Å². The highest BCUT2D eigenvalue weighted by molar-refractivity contribution is 5.96. The third-order valence-electron chi connectivity index (χ3n) is 10.2. The number of Topliss-reactive ketones (excluding diaryl/α,β-unsaturated/α-hetero) is 1. The fraction of sp³-hybridized carbons (Fsp3) is 0.800. The number of carbonyl (C=O) groups excluding carboxylic acids is 1. The molecule has 1 saturated heterocycles. The van der Waals surface area contributed by atoms with Crippen molar-refractivity contribution in [1.82, 2.24) is 0 Å². The Hall–Kier alpha value is -0.970. The average molecular weight is 401 g/mol. The second kappa shape index (κ2) is 5.83. The molecule has 1 heterocycles. The number of ether oxygens (including phenoxy) is 1. The minimum Gasteiger partial charge on any atom is -0.392 e. The molecular formula is C25H36O4. The van der Waals surface area contributed by atoms with Crippen molar-refractivity contribution in [3.8, 4) is 0 Å². The zero-order chi connectivity index (χ0) is 20.9. The van der Waals surface area contributed by atoms with Gasteiger partial charge in [0.25, 0.3) is 0 Å². The Bertz CT molecular complexity index is 829. The molecule has 0 unspecified atom stereocenters. The number of aliphatic hydroxyl groups excluding tert-OH is 2. The first kappa shape index (κ1) is 20.0. The fourth-order valence-electron chi connectivity index (χ4n) is 9.26. The minimum atomic E-state index is -0.509. The first-order chi connectivity index (χ1) is 13.7. The van der Waals surface area contributed by atoms with E-state index in [2.05, 4.69) is 32.9 Å². The highest BCUT2D eigenvalue weighted by atomic mass is 16.5. The van der Waals surface area contributed by atoms with Crippen molar-refractivity contribution in [2.24, 2.45) is 28.1 Å². The minimum absolute atomic E-state index is 0.000949. The predicted octanol–water partition coefficient (Wildman–Crippen LogP) is 3.96. The van der Waals surface area contributed by atoms with Gasteiger partial charge in [-0.05, 0) is 69.3 Å². The molecule has 5 aliphatic rings. The summed E-state index contributed by atoms with van der Waals surface area (Å²) in [5.74, 6) is 0.853. The second-order valence-electron chi connectivity index (χ2n) is 11.2. The lowest BCUT2D eigenvalue weighted by Crippen LogP contribution is -2.67. The van der Waals surface area contributed by atoms with Crippen molar-refractivity contribution >= 4 is 5.78 Å². The van der Waals surface area contributed by atoms with Gasteiger partial charge in [-0.2, -0.15) is 0 Å². The van der Waals surface area contributed by atoms with E-state index in [4.69, 9.17) is 4.74 Å². The zero-order valence-corrected chi connectivity index (χ0v) is 18.4. The molecule has 7 atom stereocenters. The van der Waals surface area contributed by atoms with Gasteiger partial charge in [-0.25, -0.2) is 0 Å². The van der Waals surface area contributed by atoms with Gasteiger partial charge in [0, 0.05) is 17.8 Å². The topological polar surface area (TPSA) is 66.8 Å². The maximum atomic E-state index is 13.8. The van der Waals surface area contributed by atoms with Crippen LogP contribution in [0.1, 0.15) is 72.6 Å². The monoisotopic (exact) mass is 400 g/mol. The Morgan fingerprint density at radius 1 is 1.34 bits per heavy atom. The Kier molecular flexibility index (Phi) is 4.02. The van der Waals surface area contributed by atoms with Gasteiger partial charge in [0.1, 0.15) is 5.78 Å². The molecule has 3 saturated carbocycles. The van der Waals surface area contributed by atoms with Crippen LogP contribution in [-0.4, -0.2) is 40.4 Å². The van der Waals surface area contributed by atoms with Crippen LogP contribution < -0.4 is 0 Å². The van der Waals surface area contributed by atoms with E-state index in [1.807, 2.05) is 6.92 Å². The number of carbonyl (C=O) groups is 1. The molecule has 4 fully saturated rings. The first-order valence-corrected chi connectivity index (χ1v) is 11.5. The lowest BCUT2D eigenvalue weighted by molar-refractivity contribution is -0.280. The van der Waals surface area contributed by atoms with E-state index in [1.165, 1.54) is 0 Å². The Morgan fingerprint density at radius 2 is 2.10 bits per heavy atom. The summed E-state index contributed by atoms with van der Waals surface area (Å²) < 4.78 is 7.20. The van der Waals surface area contributed by atoms with Crippen LogP contribution in [0.15, 0.2) is 23.3 Å². The molecule has 0 aromatic heterocycles. The van der Waals surface area contributed by atoms with Crippen LogP contribution in [0.25, 0.3) is 0 Å². The molecule has 4 bridgehead atoms. The molecule has 2 spiro atoms. The van der Waals surface area contributed by atoms with Gasteiger partial charge in [-0.15, -0.1) is 0 Å². The molecule has 0 radical (unpaired) electrons. The number of allylic oxidation sites excluding steroid dienone is 2. The maximum Gasteiger partial charge on any atom is 0.147 e. The van der Waals surface area contributed by atoms with E-state index < -0.39 is 11.0 Å². The lowest BCUT2D eigenvalue weighted by atomic mass is 9.48. The van der Waals surface area contributed by atoms with Crippen LogP contribution in [0.5, 0.6) is 0 Å². The molecule has 4 heteroatoms. The standard InChI is InChI=1S/C25H36O4/c1-16(14-26)6-5-7-17(2)23-11-10-21(3)12-19-22(4,29-23)13-20(28)25(19)18(15-27)8-9-24(21,23)25/h6,8,17,19,26-27H,5,7,9-15H2,1-4H3/t17-,19+,21+,22-,23-,24-,25+/m0/s1. The van der Waals surface area contributed by atoms with Gasteiger partial charge in [0.2, 0.25) is 0 Å². The van der Waals surface area contributed by atoms with Crippen molar-refractivity contribution in [3.05, 3.63) is 23.3 Å². The summed E-state index contributed by atoms with van der Waals surface area (Å²) in [6.07, 6.45) is 10.8. The molecule has 2 N–H and O–H groups in total. The van der Waals surface area contributed by atoms with Gasteiger partial charge in [0.05, 0.1) is 29.8 Å². The van der Waals surface area contributed by atoms with Crippen LogP contribution >= 0.6 is 0 Å². The highest BCUT2D eigenvalue weighted by Gasteiger charge is 2.91. The smallest absolute Gasteiger partial charge is 0.147 e. The molecule has 160 valence electrons. The summed E-state index contributed by atoms with van der Waals surface area (Å²) in [5.41, 5.74) is 0.649. The predicted molar refractivity (Wildman–Crippen MR) is 111 cm³/mol. The molecule has 0 aromatic rings. The second-order valence-corrected chi connectivity index (χ2v) is 11.2. The summed E-state index contributed by atoms with van der Waals surface area (Å²) in [6, 6.07) is 0. The van der Waals surface area contributed by atoms with Crippen molar-refractivity contribution in [1.29, 1.82) is 0 Å². The highest BCUT2D eigenvalue weighted by Crippen LogP contribution is 2.89. The third-order valence-corrected chi connectivity index (χ3v) is 10.2. The van der Waals surface area contributed by atoms with Crippen molar-refractivity contribution in [2.75, 3.05) is 13.2 Å². The van der Waals surface area contributed by atoms with Crippen LogP contribution in [0.3, 0.4) is 0 Å². The fourth-order valence-corrected chi connectivity index (χ4v) is 9.26. The normalized spacial score (nSPS) is 50.8. The number of hydrogen-bond donors (Lipinski definition) is 2. The molecule has 5 rings (SSSR count). The van der Waals surface area contributed by atoms with E-state index in [0.29, 0.717) is 18.1 Å². The molecule has 29 heavy (non-hydrogen) atoms. The van der Waals surface area contributed by atoms with Gasteiger partial charge in [-0.1, -0.05) is 31.6 Å². The van der Waals surface area contributed by atoms with Crippen molar-refractivity contribution < 1.29 is 19.7 Å². The summed E-state index contributed by atoms with van der Waals surface area (Å²) in [7, 11) is 0. The summed E-state index contributed by atoms with van der Waals surface area (Å²) in [6.45, 7) is 8.98. The number of ketones is 1. The van der Waals surface area contributed by atoms with E-state index in [0.717, 1.165) is 49.7 Å². The maximum absolute atomic E-state index is 13.8. The summed E-state index contributed by atoms with van der Waals surface area (Å²) >= 11 is 0. The molecular weight excluding hydrogens is 364 g/mol. The SMILES string of the molecule is CC(=CCC[C@H](C)[C@]12CC[C@]3(C)C[C@H]4[C@@]5(C(=O)C[C@]4(C)O1)C(CO)=CC[C@@]352)CO. The number of rotatable bonds is 6. The first-order valence-electron chi connectivity index (χ1n) is 11.5. The third kappa shape index (κ3) is 1.88. The summed E-state index contributed by atoms with van der Waals surface area (Å²) in [4.78, 5) is 13.8.